The van der Waals surface area contributed by atoms with E-state index in [0.717, 1.165) is 16.9 Å². The van der Waals surface area contributed by atoms with Crippen LogP contribution in [0.1, 0.15) is 33.2 Å². The number of aryl methyl sites for hydroxylation is 1. The van der Waals surface area contributed by atoms with Crippen molar-refractivity contribution in [3.05, 3.63) is 101 Å². The quantitative estimate of drug-likeness (QED) is 0.469. The Labute approximate surface area is 190 Å². The molecule has 4 aromatic rings. The van der Waals surface area contributed by atoms with Crippen LogP contribution in [0.3, 0.4) is 0 Å². The smallest absolute Gasteiger partial charge is 0.254 e. The third-order valence-corrected chi connectivity index (χ3v) is 5.26. The average molecular weight is 446 g/mol. The molecule has 168 valence electrons. The van der Waals surface area contributed by atoms with Crippen molar-refractivity contribution in [1.82, 2.24) is 14.3 Å². The fraction of sp³-hybridized carbons (Fsp3) is 0.160. The van der Waals surface area contributed by atoms with Crippen molar-refractivity contribution in [2.75, 3.05) is 7.05 Å². The summed E-state index contributed by atoms with van der Waals surface area (Å²) in [6.07, 6.45) is 3.87. The number of halogens is 1. The van der Waals surface area contributed by atoms with Gasteiger partial charge in [-0.2, -0.15) is 0 Å². The molecule has 0 saturated heterocycles. The molecule has 1 unspecified atom stereocenters. The summed E-state index contributed by atoms with van der Waals surface area (Å²) in [5.41, 5.74) is 8.82. The van der Waals surface area contributed by atoms with Gasteiger partial charge in [0.25, 0.3) is 5.91 Å². The summed E-state index contributed by atoms with van der Waals surface area (Å²) in [6, 6.07) is 14.9. The molecule has 0 fully saturated rings. The number of carbonyl (C=O) groups is 2. The van der Waals surface area contributed by atoms with Crippen molar-refractivity contribution in [3.63, 3.8) is 0 Å². The van der Waals surface area contributed by atoms with E-state index in [-0.39, 0.29) is 6.61 Å². The van der Waals surface area contributed by atoms with Gasteiger partial charge in [-0.1, -0.05) is 24.3 Å². The van der Waals surface area contributed by atoms with Gasteiger partial charge in [0.15, 0.2) is 0 Å². The topological polar surface area (TPSA) is 89.9 Å². The third kappa shape index (κ3) is 4.85. The fourth-order valence-electron chi connectivity index (χ4n) is 3.68. The van der Waals surface area contributed by atoms with Crippen LogP contribution in [-0.4, -0.2) is 33.1 Å². The van der Waals surface area contributed by atoms with Crippen LogP contribution >= 0.6 is 0 Å². The molecule has 0 saturated carbocycles. The van der Waals surface area contributed by atoms with E-state index in [2.05, 4.69) is 4.98 Å². The van der Waals surface area contributed by atoms with E-state index in [4.69, 9.17) is 10.5 Å². The monoisotopic (exact) mass is 446 g/mol. The molecule has 0 aliphatic carbocycles. The van der Waals surface area contributed by atoms with Crippen molar-refractivity contribution in [1.29, 1.82) is 0 Å². The highest BCUT2D eigenvalue weighted by Crippen LogP contribution is 2.24. The Kier molecular flexibility index (Phi) is 6.08. The Hall–Kier alpha value is -4.20. The van der Waals surface area contributed by atoms with E-state index in [9.17, 15) is 14.0 Å². The number of aromatic nitrogens is 2. The van der Waals surface area contributed by atoms with Crippen LogP contribution in [0.4, 0.5) is 4.39 Å². The maximum absolute atomic E-state index is 13.7. The highest BCUT2D eigenvalue weighted by molar-refractivity contribution is 5.97. The summed E-state index contributed by atoms with van der Waals surface area (Å²) in [4.78, 5) is 30.9. The minimum Gasteiger partial charge on any atom is -0.487 e. The van der Waals surface area contributed by atoms with Gasteiger partial charge in [-0.15, -0.1) is 0 Å². The number of primary amides is 1. The molecular weight excluding hydrogens is 423 g/mol. The number of likely N-dealkylation sites (N-methyl/N-ethyl adjacent to an activating group) is 1. The Morgan fingerprint density at radius 2 is 1.91 bits per heavy atom. The number of ether oxygens (including phenoxy) is 1. The van der Waals surface area contributed by atoms with E-state index in [1.165, 1.54) is 30.1 Å². The van der Waals surface area contributed by atoms with Gasteiger partial charge in [0.2, 0.25) is 5.91 Å². The lowest BCUT2D eigenvalue weighted by atomic mass is 10.0. The molecule has 1 atom stereocenters. The molecule has 0 aliphatic rings. The van der Waals surface area contributed by atoms with E-state index in [1.807, 2.05) is 35.9 Å². The van der Waals surface area contributed by atoms with E-state index >= 15 is 0 Å². The van der Waals surface area contributed by atoms with Crippen LogP contribution in [0.2, 0.25) is 0 Å². The Bertz CT molecular complexity index is 1330. The fourth-order valence-corrected chi connectivity index (χ4v) is 3.68. The van der Waals surface area contributed by atoms with Crippen molar-refractivity contribution >= 4 is 17.5 Å². The van der Waals surface area contributed by atoms with Crippen LogP contribution in [-0.2, 0) is 11.4 Å². The Balaban J connectivity index is 1.50. The Morgan fingerprint density at radius 3 is 2.67 bits per heavy atom. The normalized spacial score (nSPS) is 11.8. The molecule has 2 aromatic carbocycles. The summed E-state index contributed by atoms with van der Waals surface area (Å²) >= 11 is 0. The largest absolute Gasteiger partial charge is 0.487 e. The minimum atomic E-state index is -1.11. The number of carbonyl (C=O) groups excluding carboxylic acids is 2. The summed E-state index contributed by atoms with van der Waals surface area (Å²) in [6.45, 7) is 2.23. The standard InChI is InChI=1S/C25H23FN4O3/c1-16-9-10-22-28-20(14-30(22)13-16)15-33-21-8-4-6-18(12-21)25(32)29(2)23(24(27)31)17-5-3-7-19(26)11-17/h3-14,23H,15H2,1-2H3,(H2,27,31). The molecule has 8 heteroatoms. The zero-order chi connectivity index (χ0) is 23.5. The number of nitrogens with zero attached hydrogens (tertiary/aromatic N) is 3. The predicted molar refractivity (Wildman–Crippen MR) is 121 cm³/mol. The van der Waals surface area contributed by atoms with Crippen molar-refractivity contribution in [3.8, 4) is 5.75 Å². The average Bonchev–Trinajstić information content (AvgIpc) is 3.19. The number of imidazole rings is 1. The number of benzene rings is 2. The van der Waals surface area contributed by atoms with Gasteiger partial charge in [0, 0.05) is 25.0 Å². The highest BCUT2D eigenvalue weighted by atomic mass is 19.1. The molecule has 0 aliphatic heterocycles. The van der Waals surface area contributed by atoms with Gasteiger partial charge in [0.05, 0.1) is 5.69 Å². The second-order valence-corrected chi connectivity index (χ2v) is 7.80. The molecule has 0 spiro atoms. The lowest BCUT2D eigenvalue weighted by molar-refractivity contribution is -0.122. The van der Waals surface area contributed by atoms with Crippen LogP contribution < -0.4 is 10.5 Å². The van der Waals surface area contributed by atoms with Gasteiger partial charge in [-0.3, -0.25) is 9.59 Å². The first-order chi connectivity index (χ1) is 15.8. The zero-order valence-electron chi connectivity index (χ0n) is 18.2. The molecule has 7 nitrogen and oxygen atoms in total. The van der Waals surface area contributed by atoms with E-state index in [1.54, 1.807) is 30.3 Å². The second-order valence-electron chi connectivity index (χ2n) is 7.80. The SMILES string of the molecule is Cc1ccc2nc(COc3cccc(C(=O)N(C)C(C(N)=O)c4cccc(F)c4)c3)cn2c1. The van der Waals surface area contributed by atoms with E-state index in [0.29, 0.717) is 16.9 Å². The molecule has 33 heavy (non-hydrogen) atoms. The maximum Gasteiger partial charge on any atom is 0.254 e. The second kappa shape index (κ2) is 9.12. The van der Waals surface area contributed by atoms with Crippen molar-refractivity contribution < 1.29 is 18.7 Å². The van der Waals surface area contributed by atoms with Crippen LogP contribution in [0.15, 0.2) is 73.1 Å². The van der Waals surface area contributed by atoms with Gasteiger partial charge in [0.1, 0.15) is 29.9 Å². The summed E-state index contributed by atoms with van der Waals surface area (Å²) < 4.78 is 21.4. The number of hydrogen-bond acceptors (Lipinski definition) is 4. The van der Waals surface area contributed by atoms with Gasteiger partial charge in [-0.25, -0.2) is 9.37 Å². The van der Waals surface area contributed by atoms with Gasteiger partial charge >= 0.3 is 0 Å². The number of pyridine rings is 1. The van der Waals surface area contributed by atoms with Gasteiger partial charge in [-0.05, 0) is 54.4 Å². The molecule has 4 rings (SSSR count). The molecule has 0 radical (unpaired) electrons. The molecule has 0 bridgehead atoms. The molecule has 2 N–H and O–H groups in total. The first kappa shape index (κ1) is 22.0. The number of fused-ring (bicyclic) bond motifs is 1. The molecule has 2 aromatic heterocycles. The maximum atomic E-state index is 13.7. The highest BCUT2D eigenvalue weighted by Gasteiger charge is 2.28. The number of nitrogens with two attached hydrogens (primary N) is 1. The van der Waals surface area contributed by atoms with Gasteiger partial charge < -0.3 is 19.8 Å². The summed E-state index contributed by atoms with van der Waals surface area (Å²) in [5, 5.41) is 0. The van der Waals surface area contributed by atoms with Crippen molar-refractivity contribution in [2.45, 2.75) is 19.6 Å². The van der Waals surface area contributed by atoms with E-state index < -0.39 is 23.7 Å². The first-order valence-corrected chi connectivity index (χ1v) is 10.3. The predicted octanol–water partition coefficient (Wildman–Crippen LogP) is 3.66. The summed E-state index contributed by atoms with van der Waals surface area (Å²) in [7, 11) is 1.45. The number of hydrogen-bond donors (Lipinski definition) is 1. The molecule has 2 amide bonds. The first-order valence-electron chi connectivity index (χ1n) is 10.3. The lowest BCUT2D eigenvalue weighted by Gasteiger charge is -2.26. The third-order valence-electron chi connectivity index (χ3n) is 5.26. The van der Waals surface area contributed by atoms with Crippen molar-refractivity contribution in [2.24, 2.45) is 5.73 Å². The Morgan fingerprint density at radius 1 is 1.12 bits per heavy atom. The lowest BCUT2D eigenvalue weighted by Crippen LogP contribution is -2.39. The van der Waals surface area contributed by atoms with Crippen LogP contribution in [0.5, 0.6) is 5.75 Å². The zero-order valence-corrected chi connectivity index (χ0v) is 18.2. The number of rotatable bonds is 7. The van der Waals surface area contributed by atoms with Crippen LogP contribution in [0, 0.1) is 12.7 Å². The summed E-state index contributed by atoms with van der Waals surface area (Å²) in [5.74, 6) is -1.25. The van der Waals surface area contributed by atoms with Crippen LogP contribution in [0.25, 0.3) is 5.65 Å². The minimum absolute atomic E-state index is 0.224. The molecule has 2 heterocycles. The number of amides is 2. The molecular formula is C25H23FN4O3.